The topological polar surface area (TPSA) is 3.24 Å². The minimum atomic E-state index is -0.393. The highest BCUT2D eigenvalue weighted by Crippen LogP contribution is 2.14. The molecule has 0 aliphatic heterocycles. The first-order valence-corrected chi connectivity index (χ1v) is 5.74. The van der Waals surface area contributed by atoms with E-state index in [-0.39, 0.29) is 0 Å². The minimum absolute atomic E-state index is 0.393. The van der Waals surface area contributed by atoms with E-state index in [2.05, 4.69) is 6.92 Å². The number of alkyl halides is 1. The maximum atomic E-state index is 12.8. The molecule has 15 heavy (non-hydrogen) atoms. The standard InChI is InChI=1S/C13H20FN/c1-2-3-4-8-11-15(12-14)13-9-6-5-7-10-13/h5-7,9-10H,2-4,8,11-12H2,1H3. The molecule has 0 heterocycles. The zero-order chi connectivity index (χ0) is 10.9. The molecule has 84 valence electrons. The first-order valence-electron chi connectivity index (χ1n) is 5.74. The van der Waals surface area contributed by atoms with Gasteiger partial charge in [-0.1, -0.05) is 44.4 Å². The summed E-state index contributed by atoms with van der Waals surface area (Å²) in [5.41, 5.74) is 0.983. The number of nitrogens with zero attached hydrogens (tertiary/aromatic N) is 1. The highest BCUT2D eigenvalue weighted by Gasteiger charge is 2.03. The van der Waals surface area contributed by atoms with Gasteiger partial charge in [0.1, 0.15) is 0 Å². The number of hydrogen-bond acceptors (Lipinski definition) is 1. The summed E-state index contributed by atoms with van der Waals surface area (Å²) in [4.78, 5) is 1.79. The molecule has 0 radical (unpaired) electrons. The van der Waals surface area contributed by atoms with Crippen molar-refractivity contribution in [2.75, 3.05) is 18.2 Å². The normalized spacial score (nSPS) is 10.3. The lowest BCUT2D eigenvalue weighted by Gasteiger charge is -2.20. The van der Waals surface area contributed by atoms with Gasteiger partial charge in [0.15, 0.2) is 6.80 Å². The van der Waals surface area contributed by atoms with E-state index in [4.69, 9.17) is 0 Å². The van der Waals surface area contributed by atoms with E-state index < -0.39 is 6.80 Å². The van der Waals surface area contributed by atoms with Crippen molar-refractivity contribution in [3.63, 3.8) is 0 Å². The zero-order valence-corrected chi connectivity index (χ0v) is 9.45. The molecule has 0 spiro atoms. The highest BCUT2D eigenvalue weighted by molar-refractivity contribution is 5.45. The van der Waals surface area contributed by atoms with Crippen molar-refractivity contribution in [2.45, 2.75) is 32.6 Å². The van der Waals surface area contributed by atoms with Crippen LogP contribution in [0.3, 0.4) is 0 Å². The van der Waals surface area contributed by atoms with Gasteiger partial charge < -0.3 is 4.90 Å². The van der Waals surface area contributed by atoms with Gasteiger partial charge in [-0.15, -0.1) is 0 Å². The summed E-state index contributed by atoms with van der Waals surface area (Å²) >= 11 is 0. The predicted molar refractivity (Wildman–Crippen MR) is 63.9 cm³/mol. The third kappa shape index (κ3) is 4.32. The van der Waals surface area contributed by atoms with Crippen molar-refractivity contribution in [1.82, 2.24) is 0 Å². The van der Waals surface area contributed by atoms with Gasteiger partial charge in [0.05, 0.1) is 0 Å². The van der Waals surface area contributed by atoms with Crippen molar-refractivity contribution in [3.05, 3.63) is 30.3 Å². The Kier molecular flexibility index (Phi) is 5.83. The van der Waals surface area contributed by atoms with Crippen LogP contribution >= 0.6 is 0 Å². The van der Waals surface area contributed by atoms with E-state index >= 15 is 0 Å². The summed E-state index contributed by atoms with van der Waals surface area (Å²) in [6.45, 7) is 2.61. The Morgan fingerprint density at radius 1 is 1.07 bits per heavy atom. The molecule has 1 aromatic carbocycles. The number of rotatable bonds is 7. The van der Waals surface area contributed by atoms with Gasteiger partial charge in [0.25, 0.3) is 0 Å². The highest BCUT2D eigenvalue weighted by atomic mass is 19.1. The maximum absolute atomic E-state index is 12.8. The quantitative estimate of drug-likeness (QED) is 0.484. The molecule has 0 atom stereocenters. The van der Waals surface area contributed by atoms with Crippen LogP contribution in [0.2, 0.25) is 0 Å². The van der Waals surface area contributed by atoms with Gasteiger partial charge in [0, 0.05) is 12.2 Å². The van der Waals surface area contributed by atoms with Crippen molar-refractivity contribution < 1.29 is 4.39 Å². The van der Waals surface area contributed by atoms with E-state index in [9.17, 15) is 4.39 Å². The number of halogens is 1. The van der Waals surface area contributed by atoms with E-state index in [0.717, 1.165) is 18.7 Å². The molecule has 0 aliphatic carbocycles. The zero-order valence-electron chi connectivity index (χ0n) is 9.45. The third-order valence-corrected chi connectivity index (χ3v) is 2.55. The summed E-state index contributed by atoms with van der Waals surface area (Å²) in [7, 11) is 0. The minimum Gasteiger partial charge on any atom is -0.344 e. The van der Waals surface area contributed by atoms with Crippen molar-refractivity contribution in [1.29, 1.82) is 0 Å². The molecule has 0 unspecified atom stereocenters. The average Bonchev–Trinajstić information content (AvgIpc) is 2.30. The number of anilines is 1. The molecule has 2 heteroatoms. The summed E-state index contributed by atoms with van der Waals surface area (Å²) in [5, 5.41) is 0. The smallest absolute Gasteiger partial charge is 0.161 e. The molecule has 1 rings (SSSR count). The molecule has 0 saturated carbocycles. The van der Waals surface area contributed by atoms with Gasteiger partial charge in [-0.2, -0.15) is 0 Å². The van der Waals surface area contributed by atoms with Gasteiger partial charge in [-0.3, -0.25) is 0 Å². The molecule has 1 aromatic rings. The molecule has 0 fully saturated rings. The van der Waals surface area contributed by atoms with Gasteiger partial charge >= 0.3 is 0 Å². The van der Waals surface area contributed by atoms with Crippen molar-refractivity contribution in [3.8, 4) is 0 Å². The van der Waals surface area contributed by atoms with Crippen LogP contribution in [0.5, 0.6) is 0 Å². The van der Waals surface area contributed by atoms with Crippen LogP contribution in [-0.4, -0.2) is 13.3 Å². The summed E-state index contributed by atoms with van der Waals surface area (Å²) in [6.07, 6.45) is 4.74. The first kappa shape index (κ1) is 12.0. The van der Waals surface area contributed by atoms with Crippen LogP contribution in [0.1, 0.15) is 32.6 Å². The second-order valence-electron chi connectivity index (χ2n) is 3.78. The van der Waals surface area contributed by atoms with E-state index in [1.807, 2.05) is 30.3 Å². The second-order valence-corrected chi connectivity index (χ2v) is 3.78. The number of hydrogen-bond donors (Lipinski definition) is 0. The lowest BCUT2D eigenvalue weighted by Crippen LogP contribution is -2.22. The SMILES string of the molecule is CCCCCCN(CF)c1ccccc1. The van der Waals surface area contributed by atoms with E-state index in [1.54, 1.807) is 4.90 Å². The van der Waals surface area contributed by atoms with Crippen LogP contribution < -0.4 is 4.90 Å². The lowest BCUT2D eigenvalue weighted by atomic mass is 10.2. The average molecular weight is 209 g/mol. The Labute approximate surface area is 91.9 Å². The van der Waals surface area contributed by atoms with Crippen LogP contribution in [0.15, 0.2) is 30.3 Å². The van der Waals surface area contributed by atoms with Gasteiger partial charge in [0.2, 0.25) is 0 Å². The van der Waals surface area contributed by atoms with E-state index in [1.165, 1.54) is 19.3 Å². The van der Waals surface area contributed by atoms with Crippen molar-refractivity contribution in [2.24, 2.45) is 0 Å². The molecule has 0 amide bonds. The van der Waals surface area contributed by atoms with E-state index in [0.29, 0.717) is 0 Å². The number of unbranched alkanes of at least 4 members (excludes halogenated alkanes) is 3. The molecule has 0 N–H and O–H groups in total. The Morgan fingerprint density at radius 3 is 2.40 bits per heavy atom. The largest absolute Gasteiger partial charge is 0.344 e. The fourth-order valence-electron chi connectivity index (χ4n) is 1.63. The second kappa shape index (κ2) is 7.27. The summed E-state index contributed by atoms with van der Waals surface area (Å²) in [6, 6.07) is 9.77. The number of benzene rings is 1. The summed E-state index contributed by atoms with van der Waals surface area (Å²) in [5.74, 6) is 0. The Bertz CT molecular complexity index is 248. The van der Waals surface area contributed by atoms with Crippen LogP contribution in [0, 0.1) is 0 Å². The van der Waals surface area contributed by atoms with Crippen molar-refractivity contribution >= 4 is 5.69 Å². The Morgan fingerprint density at radius 2 is 1.80 bits per heavy atom. The molecule has 0 saturated heterocycles. The fourth-order valence-corrected chi connectivity index (χ4v) is 1.63. The lowest BCUT2D eigenvalue weighted by molar-refractivity contribution is 0.466. The molecular formula is C13H20FN. The maximum Gasteiger partial charge on any atom is 0.161 e. The third-order valence-electron chi connectivity index (χ3n) is 2.55. The van der Waals surface area contributed by atoms with Gasteiger partial charge in [-0.25, -0.2) is 4.39 Å². The van der Waals surface area contributed by atoms with Gasteiger partial charge in [-0.05, 0) is 18.6 Å². The molecule has 1 nitrogen and oxygen atoms in total. The first-order chi connectivity index (χ1) is 7.38. The Hall–Kier alpha value is -1.05. The fraction of sp³-hybridized carbons (Fsp3) is 0.538. The molecular weight excluding hydrogens is 189 g/mol. The number of para-hydroxylation sites is 1. The van der Waals surface area contributed by atoms with Crippen LogP contribution in [-0.2, 0) is 0 Å². The Balaban J connectivity index is 2.36. The molecule has 0 bridgehead atoms. The molecule has 0 aromatic heterocycles. The summed E-state index contributed by atoms with van der Waals surface area (Å²) < 4.78 is 12.8. The predicted octanol–water partition coefficient (Wildman–Crippen LogP) is 4.00. The van der Waals surface area contributed by atoms with Crippen LogP contribution in [0.4, 0.5) is 10.1 Å². The monoisotopic (exact) mass is 209 g/mol. The molecule has 0 aliphatic rings. The van der Waals surface area contributed by atoms with Crippen LogP contribution in [0.25, 0.3) is 0 Å².